The zero-order chi connectivity index (χ0) is 10.3. The van der Waals surface area contributed by atoms with Gasteiger partial charge in [-0.25, -0.2) is 0 Å². The lowest BCUT2D eigenvalue weighted by Crippen LogP contribution is -2.22. The molecule has 1 aliphatic carbocycles. The number of nitrogens with zero attached hydrogens (tertiary/aromatic N) is 2. The van der Waals surface area contributed by atoms with E-state index in [1.807, 2.05) is 0 Å². The number of aliphatic hydroxyl groups is 2. The largest absolute Gasteiger partial charge is 0.390 e. The van der Waals surface area contributed by atoms with Crippen LogP contribution in [0.15, 0.2) is 10.7 Å². The third kappa shape index (κ3) is 1.71. The highest BCUT2D eigenvalue weighted by molar-refractivity contribution is 9.10. The molecule has 0 aromatic carbocycles. The maximum absolute atomic E-state index is 9.91. The fourth-order valence-corrected chi connectivity index (χ4v) is 2.19. The molecule has 0 radical (unpaired) electrons. The minimum absolute atomic E-state index is 0.256. The molecule has 5 heteroatoms. The SMILES string of the molecule is Cn1ncc(Br)c1C(O)C(O)C1CC1. The van der Waals surface area contributed by atoms with Crippen molar-refractivity contribution in [2.45, 2.75) is 25.0 Å². The van der Waals surface area contributed by atoms with Crippen LogP contribution in [-0.2, 0) is 7.05 Å². The number of rotatable bonds is 3. The Balaban J connectivity index is 2.20. The summed E-state index contributed by atoms with van der Waals surface area (Å²) < 4.78 is 2.33. The number of halogens is 1. The molecule has 2 unspecified atom stereocenters. The van der Waals surface area contributed by atoms with Crippen LogP contribution in [0.1, 0.15) is 24.6 Å². The maximum atomic E-state index is 9.91. The molecule has 1 aromatic heterocycles. The smallest absolute Gasteiger partial charge is 0.123 e. The van der Waals surface area contributed by atoms with Crippen LogP contribution in [0.4, 0.5) is 0 Å². The highest BCUT2D eigenvalue weighted by atomic mass is 79.9. The first-order valence-corrected chi connectivity index (χ1v) is 5.44. The van der Waals surface area contributed by atoms with Crippen molar-refractivity contribution >= 4 is 15.9 Å². The van der Waals surface area contributed by atoms with Gasteiger partial charge in [-0.15, -0.1) is 0 Å². The van der Waals surface area contributed by atoms with Crippen LogP contribution >= 0.6 is 15.9 Å². The van der Waals surface area contributed by atoms with Crippen LogP contribution in [0.5, 0.6) is 0 Å². The van der Waals surface area contributed by atoms with Gasteiger partial charge in [0.2, 0.25) is 0 Å². The van der Waals surface area contributed by atoms with E-state index in [1.165, 1.54) is 0 Å². The minimum Gasteiger partial charge on any atom is -0.390 e. The molecule has 14 heavy (non-hydrogen) atoms. The third-order valence-electron chi connectivity index (χ3n) is 2.65. The van der Waals surface area contributed by atoms with Crippen molar-refractivity contribution < 1.29 is 10.2 Å². The quantitative estimate of drug-likeness (QED) is 0.853. The molecule has 1 aliphatic rings. The van der Waals surface area contributed by atoms with E-state index in [9.17, 15) is 10.2 Å². The van der Waals surface area contributed by atoms with E-state index in [1.54, 1.807) is 17.9 Å². The Morgan fingerprint density at radius 3 is 2.64 bits per heavy atom. The molecule has 0 spiro atoms. The van der Waals surface area contributed by atoms with Crippen molar-refractivity contribution in [3.63, 3.8) is 0 Å². The molecule has 1 heterocycles. The maximum Gasteiger partial charge on any atom is 0.123 e. The van der Waals surface area contributed by atoms with Gasteiger partial charge in [-0.2, -0.15) is 5.10 Å². The van der Waals surface area contributed by atoms with Crippen molar-refractivity contribution in [3.8, 4) is 0 Å². The highest BCUT2D eigenvalue weighted by Crippen LogP contribution is 2.39. The van der Waals surface area contributed by atoms with Gasteiger partial charge in [0.15, 0.2) is 0 Å². The molecular weight excluding hydrogens is 248 g/mol. The van der Waals surface area contributed by atoms with Crippen LogP contribution in [-0.4, -0.2) is 26.1 Å². The van der Waals surface area contributed by atoms with Crippen molar-refractivity contribution in [1.29, 1.82) is 0 Å². The van der Waals surface area contributed by atoms with Gasteiger partial charge in [-0.3, -0.25) is 4.68 Å². The van der Waals surface area contributed by atoms with Crippen molar-refractivity contribution in [2.75, 3.05) is 0 Å². The number of hydrogen-bond acceptors (Lipinski definition) is 3. The summed E-state index contributed by atoms with van der Waals surface area (Å²) >= 11 is 3.30. The summed E-state index contributed by atoms with van der Waals surface area (Å²) in [6.45, 7) is 0. The Labute approximate surface area is 90.7 Å². The summed E-state index contributed by atoms with van der Waals surface area (Å²) in [5, 5.41) is 23.7. The lowest BCUT2D eigenvalue weighted by molar-refractivity contribution is -0.0000587. The first-order chi connectivity index (χ1) is 6.61. The summed E-state index contributed by atoms with van der Waals surface area (Å²) in [5.41, 5.74) is 0.643. The third-order valence-corrected chi connectivity index (χ3v) is 3.26. The van der Waals surface area contributed by atoms with Gasteiger partial charge in [0.1, 0.15) is 6.10 Å². The van der Waals surface area contributed by atoms with Gasteiger partial charge in [-0.1, -0.05) is 0 Å². The normalized spacial score (nSPS) is 20.9. The van der Waals surface area contributed by atoms with E-state index in [4.69, 9.17) is 0 Å². The van der Waals surface area contributed by atoms with Crippen molar-refractivity contribution in [3.05, 3.63) is 16.4 Å². The lowest BCUT2D eigenvalue weighted by Gasteiger charge is -2.17. The topological polar surface area (TPSA) is 58.3 Å². The van der Waals surface area contributed by atoms with Gasteiger partial charge in [0, 0.05) is 7.05 Å². The molecule has 1 aromatic rings. The summed E-state index contributed by atoms with van der Waals surface area (Å²) in [6, 6.07) is 0. The molecule has 0 amide bonds. The predicted molar refractivity (Wildman–Crippen MR) is 54.6 cm³/mol. The molecule has 2 atom stereocenters. The van der Waals surface area contributed by atoms with Crippen LogP contribution in [0.3, 0.4) is 0 Å². The first kappa shape index (κ1) is 10.1. The number of hydrogen-bond donors (Lipinski definition) is 2. The molecule has 0 saturated heterocycles. The number of aliphatic hydroxyl groups excluding tert-OH is 2. The molecule has 78 valence electrons. The van der Waals surface area contributed by atoms with E-state index in [-0.39, 0.29) is 5.92 Å². The second kappa shape index (κ2) is 3.64. The zero-order valence-electron chi connectivity index (χ0n) is 7.89. The van der Waals surface area contributed by atoms with Crippen LogP contribution in [0.25, 0.3) is 0 Å². The fourth-order valence-electron chi connectivity index (χ4n) is 1.61. The molecule has 1 fully saturated rings. The number of aromatic nitrogens is 2. The molecule has 1 saturated carbocycles. The monoisotopic (exact) mass is 260 g/mol. The van der Waals surface area contributed by atoms with Crippen LogP contribution in [0, 0.1) is 5.92 Å². The average Bonchev–Trinajstić information content (AvgIpc) is 2.92. The summed E-state index contributed by atoms with van der Waals surface area (Å²) in [4.78, 5) is 0. The van der Waals surface area contributed by atoms with E-state index < -0.39 is 12.2 Å². The predicted octanol–water partition coefficient (Wildman–Crippen LogP) is 0.987. The van der Waals surface area contributed by atoms with E-state index in [2.05, 4.69) is 21.0 Å². The summed E-state index contributed by atoms with van der Waals surface area (Å²) in [6.07, 6.45) is 2.13. The molecule has 0 bridgehead atoms. The van der Waals surface area contributed by atoms with E-state index in [0.29, 0.717) is 5.69 Å². The van der Waals surface area contributed by atoms with Crippen LogP contribution in [0.2, 0.25) is 0 Å². The zero-order valence-corrected chi connectivity index (χ0v) is 9.48. The Morgan fingerprint density at radius 1 is 1.57 bits per heavy atom. The average molecular weight is 261 g/mol. The van der Waals surface area contributed by atoms with Crippen molar-refractivity contribution in [2.24, 2.45) is 13.0 Å². The molecule has 2 N–H and O–H groups in total. The van der Waals surface area contributed by atoms with E-state index in [0.717, 1.165) is 17.3 Å². The first-order valence-electron chi connectivity index (χ1n) is 4.64. The molecular formula is C9H13BrN2O2. The Bertz CT molecular complexity index is 316. The van der Waals surface area contributed by atoms with Gasteiger partial charge in [-0.05, 0) is 34.7 Å². The Morgan fingerprint density at radius 2 is 2.21 bits per heavy atom. The number of aryl methyl sites for hydroxylation is 1. The summed E-state index contributed by atoms with van der Waals surface area (Å²) in [7, 11) is 1.75. The van der Waals surface area contributed by atoms with Gasteiger partial charge >= 0.3 is 0 Å². The summed E-state index contributed by atoms with van der Waals surface area (Å²) in [5.74, 6) is 0.256. The molecule has 4 nitrogen and oxygen atoms in total. The van der Waals surface area contributed by atoms with E-state index >= 15 is 0 Å². The Kier molecular flexibility index (Phi) is 2.64. The highest BCUT2D eigenvalue weighted by Gasteiger charge is 2.36. The second-order valence-corrected chi connectivity index (χ2v) is 4.63. The minimum atomic E-state index is -0.843. The molecule has 2 rings (SSSR count). The van der Waals surface area contributed by atoms with Gasteiger partial charge in [0.25, 0.3) is 0 Å². The Hall–Kier alpha value is -0.390. The fraction of sp³-hybridized carbons (Fsp3) is 0.667. The van der Waals surface area contributed by atoms with Crippen molar-refractivity contribution in [1.82, 2.24) is 9.78 Å². The lowest BCUT2D eigenvalue weighted by atomic mass is 10.1. The second-order valence-electron chi connectivity index (χ2n) is 3.77. The molecule has 0 aliphatic heterocycles. The van der Waals surface area contributed by atoms with Crippen LogP contribution < -0.4 is 0 Å². The van der Waals surface area contributed by atoms with Gasteiger partial charge < -0.3 is 10.2 Å². The van der Waals surface area contributed by atoms with Gasteiger partial charge in [0.05, 0.1) is 22.5 Å². The standard InChI is InChI=1S/C9H13BrN2O2/c1-12-7(6(10)4-11-12)9(14)8(13)5-2-3-5/h4-5,8-9,13-14H,2-3H2,1H3.